The van der Waals surface area contributed by atoms with E-state index in [9.17, 15) is 4.79 Å². The lowest BCUT2D eigenvalue weighted by atomic mass is 10.0. The molecule has 1 amide bonds. The van der Waals surface area contributed by atoms with Crippen LogP contribution in [0.4, 0.5) is 0 Å². The van der Waals surface area contributed by atoms with E-state index in [2.05, 4.69) is 5.32 Å². The third kappa shape index (κ3) is 3.63. The summed E-state index contributed by atoms with van der Waals surface area (Å²) in [6, 6.07) is 15.3. The van der Waals surface area contributed by atoms with Gasteiger partial charge in [-0.1, -0.05) is 36.4 Å². The van der Waals surface area contributed by atoms with Gasteiger partial charge in [0.1, 0.15) is 5.75 Å². The maximum absolute atomic E-state index is 12.4. The van der Waals surface area contributed by atoms with Gasteiger partial charge in [-0.15, -0.1) is 0 Å². The first-order valence-electron chi connectivity index (χ1n) is 7.21. The third-order valence-corrected chi connectivity index (χ3v) is 3.43. The summed E-state index contributed by atoms with van der Waals surface area (Å²) in [5.74, 6) is 0.504. The molecule has 110 valence electrons. The molecule has 21 heavy (non-hydrogen) atoms. The molecule has 0 aliphatic carbocycles. The van der Waals surface area contributed by atoms with Gasteiger partial charge in [0.05, 0.1) is 18.2 Å². The zero-order valence-electron chi connectivity index (χ0n) is 12.7. The fourth-order valence-electron chi connectivity index (χ4n) is 2.36. The number of benzene rings is 2. The smallest absolute Gasteiger partial charge is 0.255 e. The standard InChI is InChI=1S/C18H21NO2/c1-4-21-17-12-8-7-11-16(17)18(20)19-14(3)15-10-6-5-9-13(15)2/h5-12,14H,4H2,1-3H3,(H,19,20). The number of aryl methyl sites for hydroxylation is 1. The van der Waals surface area contributed by atoms with Gasteiger partial charge in [-0.25, -0.2) is 0 Å². The van der Waals surface area contributed by atoms with E-state index in [1.807, 2.05) is 63.2 Å². The summed E-state index contributed by atoms with van der Waals surface area (Å²) < 4.78 is 5.51. The van der Waals surface area contributed by atoms with Crippen LogP contribution < -0.4 is 10.1 Å². The van der Waals surface area contributed by atoms with Crippen LogP contribution in [0.25, 0.3) is 0 Å². The van der Waals surface area contributed by atoms with Gasteiger partial charge < -0.3 is 10.1 Å². The number of rotatable bonds is 5. The molecule has 0 spiro atoms. The van der Waals surface area contributed by atoms with E-state index >= 15 is 0 Å². The van der Waals surface area contributed by atoms with Gasteiger partial charge in [0, 0.05) is 0 Å². The molecule has 0 bridgehead atoms. The summed E-state index contributed by atoms with van der Waals surface area (Å²) >= 11 is 0. The van der Waals surface area contributed by atoms with Crippen LogP contribution in [0, 0.1) is 6.92 Å². The van der Waals surface area contributed by atoms with Crippen LogP contribution in [-0.2, 0) is 0 Å². The summed E-state index contributed by atoms with van der Waals surface area (Å²) in [6.45, 7) is 6.48. The fourth-order valence-corrected chi connectivity index (χ4v) is 2.36. The Labute approximate surface area is 126 Å². The van der Waals surface area contributed by atoms with Gasteiger partial charge in [0.25, 0.3) is 5.91 Å². The lowest BCUT2D eigenvalue weighted by molar-refractivity contribution is 0.0936. The van der Waals surface area contributed by atoms with Crippen molar-refractivity contribution >= 4 is 5.91 Å². The molecule has 1 unspecified atom stereocenters. The van der Waals surface area contributed by atoms with Crippen molar-refractivity contribution in [3.05, 3.63) is 65.2 Å². The van der Waals surface area contributed by atoms with Crippen molar-refractivity contribution < 1.29 is 9.53 Å². The molecule has 2 aromatic carbocycles. The molecule has 0 saturated heterocycles. The first kappa shape index (κ1) is 15.1. The van der Waals surface area contributed by atoms with Gasteiger partial charge in [-0.3, -0.25) is 4.79 Å². The molecule has 0 aliphatic heterocycles. The topological polar surface area (TPSA) is 38.3 Å². The summed E-state index contributed by atoms with van der Waals surface area (Å²) in [7, 11) is 0. The van der Waals surface area contributed by atoms with Gasteiger partial charge >= 0.3 is 0 Å². The maximum atomic E-state index is 12.4. The molecular weight excluding hydrogens is 262 g/mol. The second-order valence-corrected chi connectivity index (χ2v) is 4.98. The minimum atomic E-state index is -0.116. The van der Waals surface area contributed by atoms with E-state index in [0.29, 0.717) is 17.9 Å². The highest BCUT2D eigenvalue weighted by atomic mass is 16.5. The van der Waals surface area contributed by atoms with Gasteiger partial charge in [0.15, 0.2) is 0 Å². The molecule has 2 aromatic rings. The molecule has 1 N–H and O–H groups in total. The van der Waals surface area contributed by atoms with E-state index in [1.54, 1.807) is 6.07 Å². The van der Waals surface area contributed by atoms with E-state index in [4.69, 9.17) is 4.74 Å². The summed E-state index contributed by atoms with van der Waals surface area (Å²) in [5.41, 5.74) is 2.86. The van der Waals surface area contributed by atoms with Crippen molar-refractivity contribution in [3.63, 3.8) is 0 Å². The Kier molecular flexibility index (Phi) is 4.99. The Morgan fingerprint density at radius 1 is 1.14 bits per heavy atom. The Morgan fingerprint density at radius 2 is 1.81 bits per heavy atom. The number of hydrogen-bond donors (Lipinski definition) is 1. The monoisotopic (exact) mass is 283 g/mol. The van der Waals surface area contributed by atoms with Crippen molar-refractivity contribution in [1.82, 2.24) is 5.32 Å². The first-order valence-corrected chi connectivity index (χ1v) is 7.21. The zero-order chi connectivity index (χ0) is 15.2. The zero-order valence-corrected chi connectivity index (χ0v) is 12.7. The molecule has 0 saturated carbocycles. The van der Waals surface area contributed by atoms with E-state index < -0.39 is 0 Å². The van der Waals surface area contributed by atoms with Crippen LogP contribution in [0.2, 0.25) is 0 Å². The molecule has 1 atom stereocenters. The van der Waals surface area contributed by atoms with Crippen LogP contribution >= 0.6 is 0 Å². The number of hydrogen-bond acceptors (Lipinski definition) is 2. The van der Waals surface area contributed by atoms with Crippen LogP contribution in [0.1, 0.15) is 41.4 Å². The van der Waals surface area contributed by atoms with Gasteiger partial charge in [-0.05, 0) is 44.0 Å². The number of ether oxygens (including phenoxy) is 1. The number of carbonyl (C=O) groups excluding carboxylic acids is 1. The van der Waals surface area contributed by atoms with Crippen LogP contribution in [0.5, 0.6) is 5.75 Å². The van der Waals surface area contributed by atoms with Crippen molar-refractivity contribution in [2.45, 2.75) is 26.8 Å². The van der Waals surface area contributed by atoms with E-state index in [-0.39, 0.29) is 11.9 Å². The lowest BCUT2D eigenvalue weighted by Gasteiger charge is -2.17. The van der Waals surface area contributed by atoms with Crippen LogP contribution in [0.3, 0.4) is 0 Å². The lowest BCUT2D eigenvalue weighted by Crippen LogP contribution is -2.27. The van der Waals surface area contributed by atoms with Crippen LogP contribution in [-0.4, -0.2) is 12.5 Å². The highest BCUT2D eigenvalue weighted by molar-refractivity contribution is 5.97. The van der Waals surface area contributed by atoms with Crippen molar-refractivity contribution in [1.29, 1.82) is 0 Å². The van der Waals surface area contributed by atoms with Gasteiger partial charge in [-0.2, -0.15) is 0 Å². The number of amides is 1. The van der Waals surface area contributed by atoms with Crippen molar-refractivity contribution in [2.75, 3.05) is 6.61 Å². The predicted molar refractivity (Wildman–Crippen MR) is 84.7 cm³/mol. The highest BCUT2D eigenvalue weighted by Crippen LogP contribution is 2.21. The molecule has 0 aromatic heterocycles. The second kappa shape index (κ2) is 6.93. The molecule has 0 fully saturated rings. The van der Waals surface area contributed by atoms with Crippen molar-refractivity contribution in [3.8, 4) is 5.75 Å². The average Bonchev–Trinajstić information content (AvgIpc) is 2.48. The number of nitrogens with one attached hydrogen (secondary N) is 1. The average molecular weight is 283 g/mol. The molecule has 3 nitrogen and oxygen atoms in total. The Balaban J connectivity index is 2.17. The van der Waals surface area contributed by atoms with E-state index in [0.717, 1.165) is 5.56 Å². The predicted octanol–water partition coefficient (Wildman–Crippen LogP) is 3.88. The molecule has 0 heterocycles. The minimum absolute atomic E-state index is 0.0478. The molecule has 3 heteroatoms. The second-order valence-electron chi connectivity index (χ2n) is 4.98. The first-order chi connectivity index (χ1) is 10.1. The Morgan fingerprint density at radius 3 is 2.52 bits per heavy atom. The third-order valence-electron chi connectivity index (χ3n) is 3.43. The fraction of sp³-hybridized carbons (Fsp3) is 0.278. The molecular formula is C18H21NO2. The van der Waals surface area contributed by atoms with Crippen molar-refractivity contribution in [2.24, 2.45) is 0 Å². The SMILES string of the molecule is CCOc1ccccc1C(=O)NC(C)c1ccccc1C. The number of carbonyl (C=O) groups is 1. The van der Waals surface area contributed by atoms with Gasteiger partial charge in [0.2, 0.25) is 0 Å². The number of para-hydroxylation sites is 1. The van der Waals surface area contributed by atoms with Crippen LogP contribution in [0.15, 0.2) is 48.5 Å². The molecule has 0 aliphatic rings. The Hall–Kier alpha value is -2.29. The normalized spacial score (nSPS) is 11.8. The summed E-state index contributed by atoms with van der Waals surface area (Å²) in [6.07, 6.45) is 0. The quantitative estimate of drug-likeness (QED) is 0.904. The summed E-state index contributed by atoms with van der Waals surface area (Å²) in [4.78, 5) is 12.4. The maximum Gasteiger partial charge on any atom is 0.255 e. The highest BCUT2D eigenvalue weighted by Gasteiger charge is 2.16. The molecule has 0 radical (unpaired) electrons. The summed E-state index contributed by atoms with van der Waals surface area (Å²) in [5, 5.41) is 3.03. The largest absolute Gasteiger partial charge is 0.493 e. The molecule has 2 rings (SSSR count). The van der Waals surface area contributed by atoms with E-state index in [1.165, 1.54) is 5.56 Å². The Bertz CT molecular complexity index is 622. The minimum Gasteiger partial charge on any atom is -0.493 e.